The number of nitrogens with zero attached hydrogens (tertiary/aromatic N) is 2. The normalized spacial score (nSPS) is 12.2. The summed E-state index contributed by atoms with van der Waals surface area (Å²) in [6, 6.07) is 4.93. The van der Waals surface area contributed by atoms with Crippen LogP contribution in [-0.2, 0) is 22.5 Å². The van der Waals surface area contributed by atoms with Gasteiger partial charge in [0.25, 0.3) is 9.05 Å². The molecule has 0 saturated carbocycles. The lowest BCUT2D eigenvalue weighted by atomic mass is 10.2. The van der Waals surface area contributed by atoms with Gasteiger partial charge in [0.1, 0.15) is 0 Å². The Labute approximate surface area is 98.2 Å². The topological polar surface area (TPSA) is 52.0 Å². The molecule has 6 heteroatoms. The lowest BCUT2D eigenvalue weighted by Gasteiger charge is -2.01. The van der Waals surface area contributed by atoms with E-state index in [2.05, 4.69) is 5.10 Å². The minimum Gasteiger partial charge on any atom is -0.271 e. The van der Waals surface area contributed by atoms with Crippen molar-refractivity contribution < 1.29 is 8.42 Å². The number of halogens is 1. The van der Waals surface area contributed by atoms with E-state index in [-0.39, 0.29) is 4.90 Å². The van der Waals surface area contributed by atoms with Crippen LogP contribution in [0, 0.1) is 0 Å². The maximum absolute atomic E-state index is 11.5. The highest BCUT2D eigenvalue weighted by Gasteiger charge is 2.19. The Hall–Kier alpha value is -1.07. The van der Waals surface area contributed by atoms with Gasteiger partial charge in [-0.1, -0.05) is 13.0 Å². The second-order valence-electron chi connectivity index (χ2n) is 3.51. The molecule has 0 radical (unpaired) electrons. The van der Waals surface area contributed by atoms with Crippen molar-refractivity contribution in [3.63, 3.8) is 0 Å². The van der Waals surface area contributed by atoms with E-state index >= 15 is 0 Å². The van der Waals surface area contributed by atoms with E-state index in [1.165, 1.54) is 6.07 Å². The van der Waals surface area contributed by atoms with Gasteiger partial charge in [0.15, 0.2) is 0 Å². The minimum atomic E-state index is -3.73. The average Bonchev–Trinajstić information content (AvgIpc) is 2.51. The van der Waals surface area contributed by atoms with Crippen molar-refractivity contribution in [1.29, 1.82) is 0 Å². The molecule has 0 spiro atoms. The number of benzene rings is 1. The van der Waals surface area contributed by atoms with Crippen LogP contribution in [0.15, 0.2) is 23.1 Å². The van der Waals surface area contributed by atoms with Crippen molar-refractivity contribution in [2.45, 2.75) is 18.2 Å². The fraction of sp³-hybridized carbons (Fsp3) is 0.300. The third-order valence-electron chi connectivity index (χ3n) is 2.54. The van der Waals surface area contributed by atoms with Crippen molar-refractivity contribution in [2.24, 2.45) is 7.05 Å². The predicted molar refractivity (Wildman–Crippen MR) is 63.1 cm³/mol. The Morgan fingerprint density at radius 3 is 2.69 bits per heavy atom. The average molecular weight is 259 g/mol. The van der Waals surface area contributed by atoms with E-state index in [0.29, 0.717) is 17.3 Å². The highest BCUT2D eigenvalue weighted by molar-refractivity contribution is 8.14. The van der Waals surface area contributed by atoms with Gasteiger partial charge in [0.2, 0.25) is 0 Å². The Kier molecular flexibility index (Phi) is 2.67. The molecule has 0 saturated heterocycles. The smallest absolute Gasteiger partial charge is 0.262 e. The fourth-order valence-electron chi connectivity index (χ4n) is 1.89. The first kappa shape index (κ1) is 11.4. The van der Waals surface area contributed by atoms with Crippen LogP contribution in [0.4, 0.5) is 0 Å². The van der Waals surface area contributed by atoms with Gasteiger partial charge in [-0.05, 0) is 18.6 Å². The van der Waals surface area contributed by atoms with Crippen molar-refractivity contribution in [1.82, 2.24) is 9.78 Å². The largest absolute Gasteiger partial charge is 0.271 e. The molecule has 0 aliphatic carbocycles. The zero-order valence-corrected chi connectivity index (χ0v) is 10.5. The molecule has 0 aliphatic heterocycles. The minimum absolute atomic E-state index is 0.136. The highest BCUT2D eigenvalue weighted by Crippen LogP contribution is 2.28. The van der Waals surface area contributed by atoms with Crippen LogP contribution in [0.5, 0.6) is 0 Å². The maximum Gasteiger partial charge on any atom is 0.262 e. The molecular weight excluding hydrogens is 248 g/mol. The molecule has 1 heterocycles. The zero-order valence-electron chi connectivity index (χ0n) is 8.94. The summed E-state index contributed by atoms with van der Waals surface area (Å²) in [5.41, 5.74) is 1.52. The van der Waals surface area contributed by atoms with Gasteiger partial charge in [-0.3, -0.25) is 4.68 Å². The molecule has 0 N–H and O–H groups in total. The summed E-state index contributed by atoms with van der Waals surface area (Å²) in [6.07, 6.45) is 0.705. The molecule has 86 valence electrons. The fourth-order valence-corrected chi connectivity index (χ4v) is 2.98. The van der Waals surface area contributed by atoms with E-state index < -0.39 is 9.05 Å². The zero-order chi connectivity index (χ0) is 11.9. The molecule has 2 rings (SSSR count). The standard InChI is InChI=1S/C10H11ClN2O2S/c1-3-8-10-7(12-13(8)2)5-4-6-9(10)16(11,14)15/h4-6H,3H2,1-2H3. The van der Waals surface area contributed by atoms with Crippen molar-refractivity contribution in [2.75, 3.05) is 0 Å². The van der Waals surface area contributed by atoms with Crippen LogP contribution in [0.25, 0.3) is 10.9 Å². The Morgan fingerprint density at radius 2 is 2.12 bits per heavy atom. The van der Waals surface area contributed by atoms with E-state index in [1.54, 1.807) is 23.9 Å². The third-order valence-corrected chi connectivity index (χ3v) is 3.90. The highest BCUT2D eigenvalue weighted by atomic mass is 35.7. The molecular formula is C10H11ClN2O2S. The summed E-state index contributed by atoms with van der Waals surface area (Å²) in [4.78, 5) is 0.136. The van der Waals surface area contributed by atoms with Crippen LogP contribution in [0.2, 0.25) is 0 Å². The van der Waals surface area contributed by atoms with Gasteiger partial charge in [0, 0.05) is 28.8 Å². The van der Waals surface area contributed by atoms with Gasteiger partial charge in [-0.15, -0.1) is 0 Å². The first-order chi connectivity index (χ1) is 7.45. The Morgan fingerprint density at radius 1 is 1.44 bits per heavy atom. The Balaban J connectivity index is 2.96. The summed E-state index contributed by atoms with van der Waals surface area (Å²) < 4.78 is 24.6. The lowest BCUT2D eigenvalue weighted by molar-refractivity contribution is 0.610. The molecule has 0 amide bonds. The Bertz CT molecular complexity index is 646. The number of hydrogen-bond acceptors (Lipinski definition) is 3. The molecule has 0 fully saturated rings. The van der Waals surface area contributed by atoms with Gasteiger partial charge < -0.3 is 0 Å². The predicted octanol–water partition coefficient (Wildman–Crippen LogP) is 2.06. The molecule has 0 unspecified atom stereocenters. The molecule has 1 aromatic carbocycles. The molecule has 1 aromatic heterocycles. The molecule has 4 nitrogen and oxygen atoms in total. The molecule has 16 heavy (non-hydrogen) atoms. The number of aromatic nitrogens is 2. The summed E-state index contributed by atoms with van der Waals surface area (Å²) in [5.74, 6) is 0. The van der Waals surface area contributed by atoms with Crippen molar-refractivity contribution in [3.8, 4) is 0 Å². The number of rotatable bonds is 2. The number of hydrogen-bond donors (Lipinski definition) is 0. The monoisotopic (exact) mass is 258 g/mol. The maximum atomic E-state index is 11.5. The first-order valence-corrected chi connectivity index (χ1v) is 7.15. The van der Waals surface area contributed by atoms with Gasteiger partial charge in [0.05, 0.1) is 10.4 Å². The van der Waals surface area contributed by atoms with E-state index in [9.17, 15) is 8.42 Å². The summed E-state index contributed by atoms with van der Waals surface area (Å²) >= 11 is 0. The van der Waals surface area contributed by atoms with Crippen LogP contribution in [0.3, 0.4) is 0 Å². The number of fused-ring (bicyclic) bond motifs is 1. The van der Waals surface area contributed by atoms with Crippen molar-refractivity contribution in [3.05, 3.63) is 23.9 Å². The van der Waals surface area contributed by atoms with Crippen LogP contribution >= 0.6 is 10.7 Å². The van der Waals surface area contributed by atoms with Crippen molar-refractivity contribution >= 4 is 30.6 Å². The number of aryl methyl sites for hydroxylation is 2. The van der Waals surface area contributed by atoms with Gasteiger partial charge in [-0.25, -0.2) is 8.42 Å². The SMILES string of the molecule is CCc1c2c(S(=O)(=O)Cl)cccc2nn1C. The first-order valence-electron chi connectivity index (χ1n) is 4.84. The van der Waals surface area contributed by atoms with Crippen LogP contribution in [0.1, 0.15) is 12.6 Å². The quantitative estimate of drug-likeness (QED) is 0.775. The molecule has 0 aliphatic rings. The second-order valence-corrected chi connectivity index (χ2v) is 6.05. The third kappa shape index (κ3) is 1.70. The molecule has 2 aromatic rings. The molecule has 0 atom stereocenters. The molecule has 0 bridgehead atoms. The van der Waals surface area contributed by atoms with Gasteiger partial charge in [-0.2, -0.15) is 5.10 Å². The van der Waals surface area contributed by atoms with Crippen LogP contribution < -0.4 is 0 Å². The summed E-state index contributed by atoms with van der Waals surface area (Å²) in [7, 11) is 3.48. The van der Waals surface area contributed by atoms with E-state index in [4.69, 9.17) is 10.7 Å². The second kappa shape index (κ2) is 3.75. The summed E-state index contributed by atoms with van der Waals surface area (Å²) in [6.45, 7) is 1.95. The van der Waals surface area contributed by atoms with E-state index in [0.717, 1.165) is 5.69 Å². The summed E-state index contributed by atoms with van der Waals surface area (Å²) in [5, 5.41) is 4.88. The lowest BCUT2D eigenvalue weighted by Crippen LogP contribution is -1.97. The van der Waals surface area contributed by atoms with Crippen LogP contribution in [-0.4, -0.2) is 18.2 Å². The van der Waals surface area contributed by atoms with Gasteiger partial charge >= 0.3 is 0 Å². The van der Waals surface area contributed by atoms with E-state index in [1.807, 2.05) is 6.92 Å².